The molecule has 0 aromatic heterocycles. The van der Waals surface area contributed by atoms with E-state index in [4.69, 9.17) is 4.74 Å². The van der Waals surface area contributed by atoms with Crippen LogP contribution in [0, 0.1) is 12.8 Å². The number of carbonyl (C=O) groups is 3. The second-order valence-electron chi connectivity index (χ2n) is 8.18. The molecule has 0 saturated carbocycles. The second kappa shape index (κ2) is 10.6. The number of rotatable bonds is 6. The van der Waals surface area contributed by atoms with E-state index in [9.17, 15) is 14.4 Å². The predicted octanol–water partition coefficient (Wildman–Crippen LogP) is 1.84. The van der Waals surface area contributed by atoms with Crippen LogP contribution in [0.4, 0.5) is 4.79 Å². The van der Waals surface area contributed by atoms with Crippen LogP contribution in [0.1, 0.15) is 43.9 Å². The van der Waals surface area contributed by atoms with Gasteiger partial charge in [0, 0.05) is 32.7 Å². The van der Waals surface area contributed by atoms with Crippen LogP contribution in [0.5, 0.6) is 0 Å². The molecule has 2 heterocycles. The Morgan fingerprint density at radius 1 is 1.13 bits per heavy atom. The number of esters is 1. The van der Waals surface area contributed by atoms with Crippen molar-refractivity contribution in [3.8, 4) is 0 Å². The van der Waals surface area contributed by atoms with Crippen molar-refractivity contribution in [2.45, 2.75) is 45.7 Å². The van der Waals surface area contributed by atoms with Gasteiger partial charge in [-0.1, -0.05) is 36.8 Å². The van der Waals surface area contributed by atoms with Gasteiger partial charge < -0.3 is 25.2 Å². The fraction of sp³-hybridized carbons (Fsp3) is 0.609. The summed E-state index contributed by atoms with van der Waals surface area (Å²) in [6.45, 7) is 9.15. The van der Waals surface area contributed by atoms with Gasteiger partial charge >= 0.3 is 12.0 Å². The minimum Gasteiger partial charge on any atom is -0.466 e. The molecule has 8 heteroatoms. The van der Waals surface area contributed by atoms with E-state index < -0.39 is 18.0 Å². The molecule has 2 saturated heterocycles. The van der Waals surface area contributed by atoms with Crippen LogP contribution in [0.3, 0.4) is 0 Å². The number of aryl methyl sites for hydroxylation is 1. The molecule has 1 aromatic rings. The lowest BCUT2D eigenvalue weighted by Gasteiger charge is -2.35. The molecule has 0 spiro atoms. The number of nitrogens with zero attached hydrogens (tertiary/aromatic N) is 2. The zero-order valence-corrected chi connectivity index (χ0v) is 18.7. The number of hydrogen-bond donors (Lipinski definition) is 2. The number of hydrogen-bond acceptors (Lipinski definition) is 5. The van der Waals surface area contributed by atoms with Crippen LogP contribution < -0.4 is 10.6 Å². The topological polar surface area (TPSA) is 91.0 Å². The van der Waals surface area contributed by atoms with Crippen molar-refractivity contribution in [1.29, 1.82) is 0 Å². The summed E-state index contributed by atoms with van der Waals surface area (Å²) in [5, 5.41) is 6.16. The van der Waals surface area contributed by atoms with E-state index >= 15 is 0 Å². The van der Waals surface area contributed by atoms with Crippen LogP contribution in [0.2, 0.25) is 0 Å². The largest absolute Gasteiger partial charge is 0.466 e. The lowest BCUT2D eigenvalue weighted by Crippen LogP contribution is -2.55. The summed E-state index contributed by atoms with van der Waals surface area (Å²) in [5.74, 6) is -1.05. The molecule has 2 aliphatic rings. The maximum Gasteiger partial charge on any atom is 0.318 e. The number of likely N-dealkylation sites (tertiary alicyclic amines) is 1. The van der Waals surface area contributed by atoms with Crippen LogP contribution in [-0.4, -0.2) is 73.1 Å². The highest BCUT2D eigenvalue weighted by molar-refractivity contribution is 5.90. The fourth-order valence-electron chi connectivity index (χ4n) is 4.41. The quantitative estimate of drug-likeness (QED) is 0.672. The molecule has 8 nitrogen and oxygen atoms in total. The van der Waals surface area contributed by atoms with Crippen molar-refractivity contribution in [2.75, 3.05) is 39.3 Å². The molecule has 2 N–H and O–H groups in total. The summed E-state index contributed by atoms with van der Waals surface area (Å²) >= 11 is 0. The van der Waals surface area contributed by atoms with E-state index in [1.807, 2.05) is 38.1 Å². The Morgan fingerprint density at radius 2 is 1.81 bits per heavy atom. The van der Waals surface area contributed by atoms with Crippen LogP contribution in [-0.2, 0) is 14.3 Å². The Balaban J connectivity index is 1.99. The third-order valence-corrected chi connectivity index (χ3v) is 5.98. The van der Waals surface area contributed by atoms with Gasteiger partial charge in [-0.25, -0.2) is 4.79 Å². The van der Waals surface area contributed by atoms with Gasteiger partial charge in [0.1, 0.15) is 6.04 Å². The molecule has 170 valence electrons. The first kappa shape index (κ1) is 23.1. The summed E-state index contributed by atoms with van der Waals surface area (Å²) in [7, 11) is 0. The third kappa shape index (κ3) is 5.18. The first-order valence-corrected chi connectivity index (χ1v) is 11.3. The zero-order valence-electron chi connectivity index (χ0n) is 18.7. The smallest absolute Gasteiger partial charge is 0.318 e. The molecule has 3 unspecified atom stereocenters. The van der Waals surface area contributed by atoms with E-state index in [1.54, 1.807) is 16.7 Å². The van der Waals surface area contributed by atoms with Crippen LogP contribution in [0.25, 0.3) is 0 Å². The number of nitrogens with one attached hydrogen (secondary N) is 2. The number of amides is 3. The van der Waals surface area contributed by atoms with Crippen LogP contribution in [0.15, 0.2) is 24.3 Å². The Kier molecular flexibility index (Phi) is 7.90. The first-order chi connectivity index (χ1) is 15.0. The van der Waals surface area contributed by atoms with Gasteiger partial charge in [-0.3, -0.25) is 9.59 Å². The van der Waals surface area contributed by atoms with Crippen molar-refractivity contribution in [1.82, 2.24) is 20.4 Å². The minimum absolute atomic E-state index is 0.0999. The zero-order chi connectivity index (χ0) is 22.4. The van der Waals surface area contributed by atoms with Crippen molar-refractivity contribution in [3.63, 3.8) is 0 Å². The Morgan fingerprint density at radius 3 is 2.42 bits per heavy atom. The summed E-state index contributed by atoms with van der Waals surface area (Å²) in [4.78, 5) is 43.0. The van der Waals surface area contributed by atoms with E-state index in [0.29, 0.717) is 19.6 Å². The van der Waals surface area contributed by atoms with Gasteiger partial charge in [0.15, 0.2) is 0 Å². The molecule has 2 aliphatic heterocycles. The molecule has 1 aromatic carbocycles. The Labute approximate surface area is 184 Å². The van der Waals surface area contributed by atoms with Crippen molar-refractivity contribution in [2.24, 2.45) is 5.92 Å². The molecular weight excluding hydrogens is 396 g/mol. The summed E-state index contributed by atoms with van der Waals surface area (Å²) in [6, 6.07) is 6.24. The summed E-state index contributed by atoms with van der Waals surface area (Å²) in [6.07, 6.45) is 1.05. The molecule has 0 bridgehead atoms. The van der Waals surface area contributed by atoms with Crippen molar-refractivity contribution < 1.29 is 19.1 Å². The van der Waals surface area contributed by atoms with Gasteiger partial charge in [0.25, 0.3) is 0 Å². The standard InChI is InChI=1S/C23H34N4O4/c1-4-10-25-23(30)27-19(21(28)26-13-11-24-12-14-26)15-18(22(29)31-5-2)20(27)17-8-6-16(3)7-9-17/h6-9,18-20,24H,4-5,10-15H2,1-3H3,(H,25,30). The minimum atomic E-state index is -0.698. The second-order valence-corrected chi connectivity index (χ2v) is 8.18. The van der Waals surface area contributed by atoms with Gasteiger partial charge in [0.05, 0.1) is 18.6 Å². The maximum atomic E-state index is 13.5. The Hall–Kier alpha value is -2.61. The number of benzene rings is 1. The van der Waals surface area contributed by atoms with Crippen LogP contribution >= 0.6 is 0 Å². The average Bonchev–Trinajstić information content (AvgIpc) is 3.19. The number of piperazine rings is 1. The van der Waals surface area contributed by atoms with Gasteiger partial charge in [0.2, 0.25) is 5.91 Å². The SMILES string of the molecule is CCCNC(=O)N1C(C(=O)N2CCNCC2)CC(C(=O)OCC)C1c1ccc(C)cc1. The highest BCUT2D eigenvalue weighted by Crippen LogP contribution is 2.42. The first-order valence-electron chi connectivity index (χ1n) is 11.3. The average molecular weight is 431 g/mol. The molecule has 0 radical (unpaired) electrons. The maximum absolute atomic E-state index is 13.5. The van der Waals surface area contributed by atoms with E-state index in [0.717, 1.165) is 30.6 Å². The van der Waals surface area contributed by atoms with Crippen molar-refractivity contribution >= 4 is 17.9 Å². The lowest BCUT2D eigenvalue weighted by atomic mass is 9.92. The lowest BCUT2D eigenvalue weighted by molar-refractivity contribution is -0.148. The normalized spacial score (nSPS) is 23.5. The summed E-state index contributed by atoms with van der Waals surface area (Å²) < 4.78 is 5.35. The highest BCUT2D eigenvalue weighted by atomic mass is 16.5. The van der Waals surface area contributed by atoms with E-state index in [2.05, 4.69) is 10.6 Å². The fourth-order valence-corrected chi connectivity index (χ4v) is 4.41. The van der Waals surface area contributed by atoms with E-state index in [-0.39, 0.29) is 30.9 Å². The monoisotopic (exact) mass is 430 g/mol. The molecule has 3 amide bonds. The third-order valence-electron chi connectivity index (χ3n) is 5.98. The summed E-state index contributed by atoms with van der Waals surface area (Å²) in [5.41, 5.74) is 1.93. The highest BCUT2D eigenvalue weighted by Gasteiger charge is 2.51. The molecule has 31 heavy (non-hydrogen) atoms. The van der Waals surface area contributed by atoms with E-state index in [1.165, 1.54) is 0 Å². The molecule has 3 atom stereocenters. The molecular formula is C23H34N4O4. The Bertz CT molecular complexity index is 776. The predicted molar refractivity (Wildman–Crippen MR) is 117 cm³/mol. The molecule has 3 rings (SSSR count). The van der Waals surface area contributed by atoms with Crippen molar-refractivity contribution in [3.05, 3.63) is 35.4 Å². The number of ether oxygens (including phenoxy) is 1. The number of urea groups is 1. The molecule has 0 aliphatic carbocycles. The number of carbonyl (C=O) groups excluding carboxylic acids is 3. The van der Waals surface area contributed by atoms with Gasteiger partial charge in [-0.2, -0.15) is 0 Å². The van der Waals surface area contributed by atoms with Gasteiger partial charge in [-0.15, -0.1) is 0 Å². The molecule has 2 fully saturated rings. The van der Waals surface area contributed by atoms with Gasteiger partial charge in [-0.05, 0) is 32.3 Å².